The predicted molar refractivity (Wildman–Crippen MR) is 87.8 cm³/mol. The summed E-state index contributed by atoms with van der Waals surface area (Å²) in [4.78, 5) is 5.99. The van der Waals surface area contributed by atoms with Crippen LogP contribution in [0, 0.1) is 0 Å². The number of aromatic nitrogens is 3. The van der Waals surface area contributed by atoms with Crippen LogP contribution in [0.4, 0.5) is 5.13 Å². The quantitative estimate of drug-likeness (QED) is 0.785. The highest BCUT2D eigenvalue weighted by molar-refractivity contribution is 7.23. The van der Waals surface area contributed by atoms with E-state index in [1.165, 1.54) is 15.6 Å². The Hall–Kier alpha value is -1.01. The first-order valence-corrected chi connectivity index (χ1v) is 8.98. The van der Waals surface area contributed by atoms with Crippen LogP contribution in [0.3, 0.4) is 0 Å². The van der Waals surface area contributed by atoms with E-state index >= 15 is 0 Å². The number of hydrogen-bond acceptors (Lipinski definition) is 6. The summed E-state index contributed by atoms with van der Waals surface area (Å²) in [7, 11) is 0. The molecule has 0 fully saturated rings. The van der Waals surface area contributed by atoms with E-state index in [-0.39, 0.29) is 0 Å². The predicted octanol–water partition coefficient (Wildman–Crippen LogP) is 4.39. The Kier molecular flexibility index (Phi) is 5.91. The highest BCUT2D eigenvalue weighted by Crippen LogP contribution is 2.35. The minimum absolute atomic E-state index is 0.912. The molecule has 110 valence electrons. The van der Waals surface area contributed by atoms with Gasteiger partial charge in [0.25, 0.3) is 0 Å². The van der Waals surface area contributed by atoms with E-state index in [0.29, 0.717) is 0 Å². The molecule has 0 aliphatic rings. The van der Waals surface area contributed by atoms with Crippen LogP contribution >= 0.6 is 22.7 Å². The topological polar surface area (TPSA) is 50.7 Å². The maximum absolute atomic E-state index is 4.77. The van der Waals surface area contributed by atoms with Gasteiger partial charge in [-0.3, -0.25) is 0 Å². The lowest BCUT2D eigenvalue weighted by molar-refractivity contribution is 0.858. The molecular formula is C14H22N4S2. The molecule has 2 aromatic rings. The molecule has 2 rings (SSSR count). The number of nitrogens with one attached hydrogen (secondary N) is 1. The average Bonchev–Trinajstić information content (AvgIpc) is 3.04. The Bertz CT molecular complexity index is 533. The Balaban J connectivity index is 2.23. The molecule has 0 atom stereocenters. The van der Waals surface area contributed by atoms with Gasteiger partial charge in [-0.05, 0) is 25.7 Å². The molecule has 0 bridgehead atoms. The third-order valence-corrected chi connectivity index (χ3v) is 5.03. The molecule has 0 spiro atoms. The van der Waals surface area contributed by atoms with Crippen LogP contribution < -0.4 is 5.32 Å². The summed E-state index contributed by atoms with van der Waals surface area (Å²) in [6.45, 7) is 7.48. The molecule has 0 aromatic carbocycles. The number of thiazole rings is 1. The largest absolute Gasteiger partial charge is 0.360 e. The fourth-order valence-electron chi connectivity index (χ4n) is 1.91. The summed E-state index contributed by atoms with van der Waals surface area (Å²) >= 11 is 3.42. The highest BCUT2D eigenvalue weighted by atomic mass is 32.1. The number of rotatable bonds is 8. The van der Waals surface area contributed by atoms with Crippen LogP contribution in [0.1, 0.15) is 50.7 Å². The van der Waals surface area contributed by atoms with E-state index in [0.717, 1.165) is 48.8 Å². The van der Waals surface area contributed by atoms with Crippen LogP contribution in [0.5, 0.6) is 0 Å². The molecule has 6 heteroatoms. The van der Waals surface area contributed by atoms with Crippen LogP contribution in [0.2, 0.25) is 0 Å². The van der Waals surface area contributed by atoms with Gasteiger partial charge in [0, 0.05) is 6.54 Å². The minimum Gasteiger partial charge on any atom is -0.360 e. The second kappa shape index (κ2) is 7.69. The van der Waals surface area contributed by atoms with Crippen molar-refractivity contribution < 1.29 is 0 Å². The van der Waals surface area contributed by atoms with Gasteiger partial charge >= 0.3 is 0 Å². The molecule has 2 aromatic heterocycles. The number of anilines is 1. The van der Waals surface area contributed by atoms with Crippen molar-refractivity contribution in [1.82, 2.24) is 15.2 Å². The third-order valence-electron chi connectivity index (χ3n) is 2.84. The highest BCUT2D eigenvalue weighted by Gasteiger charge is 2.16. The zero-order valence-electron chi connectivity index (χ0n) is 12.4. The molecular weight excluding hydrogens is 288 g/mol. The van der Waals surface area contributed by atoms with Crippen LogP contribution in [-0.4, -0.2) is 21.7 Å². The Labute approximate surface area is 128 Å². The first kappa shape index (κ1) is 15.4. The van der Waals surface area contributed by atoms with E-state index in [1.54, 1.807) is 22.7 Å². The maximum Gasteiger partial charge on any atom is 0.206 e. The number of hydrogen-bond donors (Lipinski definition) is 1. The zero-order chi connectivity index (χ0) is 14.4. The van der Waals surface area contributed by atoms with Gasteiger partial charge in [0.2, 0.25) is 5.13 Å². The van der Waals surface area contributed by atoms with Gasteiger partial charge in [0.1, 0.15) is 0 Å². The summed E-state index contributed by atoms with van der Waals surface area (Å²) in [6.07, 6.45) is 5.42. The van der Waals surface area contributed by atoms with E-state index in [9.17, 15) is 0 Å². The summed E-state index contributed by atoms with van der Waals surface area (Å²) in [5, 5.41) is 15.0. The van der Waals surface area contributed by atoms with Crippen molar-refractivity contribution in [2.45, 2.75) is 52.9 Å². The van der Waals surface area contributed by atoms with Crippen molar-refractivity contribution >= 4 is 27.8 Å². The standard InChI is InChI=1S/C14H22N4S2/c1-4-7-10-12(19-11(16-10)8-5-2)13-17-18-14(20-13)15-9-6-3/h4-9H2,1-3H3,(H,15,18). The fraction of sp³-hybridized carbons (Fsp3) is 0.643. The Morgan fingerprint density at radius 1 is 0.950 bits per heavy atom. The second-order valence-electron chi connectivity index (χ2n) is 4.72. The molecule has 4 nitrogen and oxygen atoms in total. The lowest BCUT2D eigenvalue weighted by Crippen LogP contribution is -1.98. The van der Waals surface area contributed by atoms with E-state index in [1.807, 2.05) is 0 Å². The van der Waals surface area contributed by atoms with Gasteiger partial charge in [-0.15, -0.1) is 21.5 Å². The van der Waals surface area contributed by atoms with E-state index in [2.05, 4.69) is 36.3 Å². The molecule has 20 heavy (non-hydrogen) atoms. The van der Waals surface area contributed by atoms with Crippen LogP contribution in [0.25, 0.3) is 9.88 Å². The molecule has 0 radical (unpaired) electrons. The first-order chi connectivity index (χ1) is 9.78. The normalized spacial score (nSPS) is 10.9. The molecule has 0 saturated carbocycles. The van der Waals surface area contributed by atoms with Gasteiger partial charge in [-0.1, -0.05) is 38.5 Å². The molecule has 1 N–H and O–H groups in total. The molecule has 0 amide bonds. The molecule has 0 aliphatic carbocycles. The number of nitrogens with zero attached hydrogens (tertiary/aromatic N) is 3. The molecule has 0 saturated heterocycles. The Morgan fingerprint density at radius 2 is 1.75 bits per heavy atom. The van der Waals surface area contributed by atoms with E-state index in [4.69, 9.17) is 4.98 Å². The monoisotopic (exact) mass is 310 g/mol. The van der Waals surface area contributed by atoms with Crippen molar-refractivity contribution in [3.8, 4) is 9.88 Å². The first-order valence-electron chi connectivity index (χ1n) is 7.34. The SMILES string of the molecule is CCCNc1nnc(-c2sc(CCC)nc2CCC)s1. The molecule has 0 unspecified atom stereocenters. The van der Waals surface area contributed by atoms with Gasteiger partial charge in [-0.2, -0.15) is 0 Å². The van der Waals surface area contributed by atoms with Gasteiger partial charge < -0.3 is 5.32 Å². The Morgan fingerprint density at radius 3 is 2.45 bits per heavy atom. The van der Waals surface area contributed by atoms with Crippen LogP contribution in [-0.2, 0) is 12.8 Å². The average molecular weight is 310 g/mol. The lowest BCUT2D eigenvalue weighted by atomic mass is 10.2. The summed E-state index contributed by atoms with van der Waals surface area (Å²) in [6, 6.07) is 0. The lowest BCUT2D eigenvalue weighted by Gasteiger charge is -1.96. The molecule has 0 aliphatic heterocycles. The maximum atomic E-state index is 4.77. The van der Waals surface area contributed by atoms with E-state index < -0.39 is 0 Å². The summed E-state index contributed by atoms with van der Waals surface area (Å²) < 4.78 is 0. The summed E-state index contributed by atoms with van der Waals surface area (Å²) in [5.74, 6) is 0. The van der Waals surface area contributed by atoms with Crippen molar-refractivity contribution in [2.24, 2.45) is 0 Å². The second-order valence-corrected chi connectivity index (χ2v) is 6.78. The van der Waals surface area contributed by atoms with Crippen molar-refractivity contribution in [1.29, 1.82) is 0 Å². The zero-order valence-corrected chi connectivity index (χ0v) is 14.0. The fourth-order valence-corrected chi connectivity index (χ4v) is 3.99. The third kappa shape index (κ3) is 3.76. The van der Waals surface area contributed by atoms with Gasteiger partial charge in [0.05, 0.1) is 15.6 Å². The number of aryl methyl sites for hydroxylation is 2. The summed E-state index contributed by atoms with van der Waals surface area (Å²) in [5.41, 5.74) is 1.19. The smallest absolute Gasteiger partial charge is 0.206 e. The minimum atomic E-state index is 0.912. The van der Waals surface area contributed by atoms with Crippen LogP contribution in [0.15, 0.2) is 0 Å². The molecule has 2 heterocycles. The van der Waals surface area contributed by atoms with Gasteiger partial charge in [-0.25, -0.2) is 4.98 Å². The van der Waals surface area contributed by atoms with Crippen molar-refractivity contribution in [2.75, 3.05) is 11.9 Å². The van der Waals surface area contributed by atoms with Crippen molar-refractivity contribution in [3.05, 3.63) is 10.7 Å². The van der Waals surface area contributed by atoms with Gasteiger partial charge in [0.15, 0.2) is 5.01 Å². The van der Waals surface area contributed by atoms with Crippen molar-refractivity contribution in [3.63, 3.8) is 0 Å².